The number of aromatic nitrogens is 2. The van der Waals surface area contributed by atoms with Crippen LogP contribution in [0.1, 0.15) is 29.7 Å². The van der Waals surface area contributed by atoms with Crippen molar-refractivity contribution in [3.05, 3.63) is 45.5 Å². The number of rotatable bonds is 6. The molecule has 0 saturated heterocycles. The topological polar surface area (TPSA) is 64.9 Å². The number of halogens is 2. The molecule has 4 nitrogen and oxygen atoms in total. The van der Waals surface area contributed by atoms with Gasteiger partial charge in [-0.2, -0.15) is 16.7 Å². The van der Waals surface area contributed by atoms with Gasteiger partial charge in [0.1, 0.15) is 0 Å². The average molecular weight is 332 g/mol. The first-order valence-electron chi connectivity index (χ1n) is 6.11. The van der Waals surface area contributed by atoms with E-state index in [0.717, 1.165) is 17.7 Å². The lowest BCUT2D eigenvalue weighted by Crippen LogP contribution is -2.11. The van der Waals surface area contributed by atoms with E-state index in [9.17, 15) is 0 Å². The minimum Gasteiger partial charge on any atom is -0.338 e. The van der Waals surface area contributed by atoms with Crippen molar-refractivity contribution in [1.82, 2.24) is 10.1 Å². The van der Waals surface area contributed by atoms with Crippen LogP contribution in [0.15, 0.2) is 22.7 Å². The van der Waals surface area contributed by atoms with Crippen molar-refractivity contribution in [2.24, 2.45) is 5.73 Å². The standard InChI is InChI=1S/C13H15Cl2N3OS/c1-20-5-4-11(16)13-17-12(18-19-13)7-8-2-3-9(14)10(15)6-8/h2-3,6,11H,4-5,7,16H2,1H3. The van der Waals surface area contributed by atoms with Gasteiger partial charge in [-0.3, -0.25) is 0 Å². The molecule has 20 heavy (non-hydrogen) atoms. The van der Waals surface area contributed by atoms with Gasteiger partial charge in [-0.25, -0.2) is 0 Å². The Hall–Kier alpha value is -0.750. The number of hydrogen-bond donors (Lipinski definition) is 1. The highest BCUT2D eigenvalue weighted by molar-refractivity contribution is 7.98. The summed E-state index contributed by atoms with van der Waals surface area (Å²) in [5, 5.41) is 4.99. The zero-order valence-electron chi connectivity index (χ0n) is 11.0. The second-order valence-corrected chi connectivity index (χ2v) is 6.16. The molecule has 1 aromatic carbocycles. The number of nitrogens with zero attached hydrogens (tertiary/aromatic N) is 2. The molecule has 0 saturated carbocycles. The molecule has 0 aliphatic rings. The lowest BCUT2D eigenvalue weighted by atomic mass is 10.1. The van der Waals surface area contributed by atoms with Crippen molar-refractivity contribution in [3.8, 4) is 0 Å². The van der Waals surface area contributed by atoms with Gasteiger partial charge in [0.15, 0.2) is 5.82 Å². The van der Waals surface area contributed by atoms with Crippen LogP contribution >= 0.6 is 35.0 Å². The first-order chi connectivity index (χ1) is 9.60. The molecule has 0 aliphatic heterocycles. The normalized spacial score (nSPS) is 12.6. The Morgan fingerprint density at radius 3 is 2.85 bits per heavy atom. The molecule has 1 atom stereocenters. The monoisotopic (exact) mass is 331 g/mol. The highest BCUT2D eigenvalue weighted by Crippen LogP contribution is 2.23. The third-order valence-electron chi connectivity index (χ3n) is 2.78. The van der Waals surface area contributed by atoms with Crippen molar-refractivity contribution in [1.29, 1.82) is 0 Å². The molecule has 7 heteroatoms. The van der Waals surface area contributed by atoms with Crippen LogP contribution in [0.2, 0.25) is 10.0 Å². The van der Waals surface area contributed by atoms with Gasteiger partial charge < -0.3 is 10.3 Å². The van der Waals surface area contributed by atoms with E-state index in [2.05, 4.69) is 10.1 Å². The Bertz CT molecular complexity index is 576. The second-order valence-electron chi connectivity index (χ2n) is 4.36. The SMILES string of the molecule is CSCCC(N)c1nc(Cc2ccc(Cl)c(Cl)c2)no1. The summed E-state index contributed by atoms with van der Waals surface area (Å²) in [6, 6.07) is 5.23. The maximum atomic E-state index is 5.98. The van der Waals surface area contributed by atoms with Crippen LogP contribution in [0.25, 0.3) is 0 Å². The van der Waals surface area contributed by atoms with E-state index >= 15 is 0 Å². The summed E-state index contributed by atoms with van der Waals surface area (Å²) in [6.07, 6.45) is 3.39. The summed E-state index contributed by atoms with van der Waals surface area (Å²) < 4.78 is 5.20. The maximum Gasteiger partial charge on any atom is 0.243 e. The van der Waals surface area contributed by atoms with Crippen LogP contribution in [-0.2, 0) is 6.42 Å². The van der Waals surface area contributed by atoms with E-state index in [1.165, 1.54) is 0 Å². The van der Waals surface area contributed by atoms with Crippen LogP contribution in [-0.4, -0.2) is 22.1 Å². The van der Waals surface area contributed by atoms with Gasteiger partial charge in [0.05, 0.1) is 16.1 Å². The number of benzene rings is 1. The van der Waals surface area contributed by atoms with Gasteiger partial charge in [0.2, 0.25) is 5.89 Å². The van der Waals surface area contributed by atoms with Crippen LogP contribution < -0.4 is 5.73 Å². The van der Waals surface area contributed by atoms with Crippen molar-refractivity contribution in [2.45, 2.75) is 18.9 Å². The zero-order valence-corrected chi connectivity index (χ0v) is 13.3. The van der Waals surface area contributed by atoms with E-state index in [-0.39, 0.29) is 6.04 Å². The van der Waals surface area contributed by atoms with E-state index in [1.54, 1.807) is 23.9 Å². The highest BCUT2D eigenvalue weighted by atomic mass is 35.5. The predicted molar refractivity (Wildman–Crippen MR) is 83.5 cm³/mol. The van der Waals surface area contributed by atoms with Gasteiger partial charge in [-0.15, -0.1) is 0 Å². The molecule has 2 aromatic rings. The fraction of sp³-hybridized carbons (Fsp3) is 0.385. The van der Waals surface area contributed by atoms with Gasteiger partial charge >= 0.3 is 0 Å². The lowest BCUT2D eigenvalue weighted by molar-refractivity contribution is 0.349. The molecule has 1 aromatic heterocycles. The van der Waals surface area contributed by atoms with E-state index in [4.69, 9.17) is 33.5 Å². The Morgan fingerprint density at radius 1 is 1.35 bits per heavy atom. The quantitative estimate of drug-likeness (QED) is 0.873. The Labute approximate surface area is 132 Å². The fourth-order valence-electron chi connectivity index (χ4n) is 1.69. The van der Waals surface area contributed by atoms with Gasteiger partial charge in [0, 0.05) is 6.42 Å². The summed E-state index contributed by atoms with van der Waals surface area (Å²) in [6.45, 7) is 0. The highest BCUT2D eigenvalue weighted by Gasteiger charge is 2.14. The summed E-state index contributed by atoms with van der Waals surface area (Å²) in [5.41, 5.74) is 6.96. The third kappa shape index (κ3) is 4.12. The summed E-state index contributed by atoms with van der Waals surface area (Å²) >= 11 is 13.6. The molecule has 1 heterocycles. The molecular weight excluding hydrogens is 317 g/mol. The molecular formula is C13H15Cl2N3OS. The molecule has 0 aliphatic carbocycles. The van der Waals surface area contributed by atoms with Gasteiger partial charge in [0.25, 0.3) is 0 Å². The molecule has 0 amide bonds. The Kier molecular flexibility index (Phi) is 5.72. The third-order valence-corrected chi connectivity index (χ3v) is 4.16. The minimum atomic E-state index is -0.211. The zero-order chi connectivity index (χ0) is 14.5. The van der Waals surface area contributed by atoms with Crippen molar-refractivity contribution < 1.29 is 4.52 Å². The van der Waals surface area contributed by atoms with Gasteiger partial charge in [-0.1, -0.05) is 34.4 Å². The number of thioether (sulfide) groups is 1. The first kappa shape index (κ1) is 15.6. The second kappa shape index (κ2) is 7.31. The van der Waals surface area contributed by atoms with Crippen LogP contribution in [0, 0.1) is 0 Å². The summed E-state index contributed by atoms with van der Waals surface area (Å²) in [5.74, 6) is 2.04. The first-order valence-corrected chi connectivity index (χ1v) is 8.26. The average Bonchev–Trinajstić information content (AvgIpc) is 2.89. The van der Waals surface area contributed by atoms with Crippen LogP contribution in [0.4, 0.5) is 0 Å². The summed E-state index contributed by atoms with van der Waals surface area (Å²) in [7, 11) is 0. The Morgan fingerprint density at radius 2 is 2.15 bits per heavy atom. The maximum absolute atomic E-state index is 5.98. The molecule has 2 rings (SSSR count). The molecule has 0 spiro atoms. The van der Waals surface area contributed by atoms with Gasteiger partial charge in [-0.05, 0) is 36.1 Å². The fourth-order valence-corrected chi connectivity index (χ4v) is 2.50. The van der Waals surface area contributed by atoms with E-state index in [0.29, 0.717) is 28.2 Å². The largest absolute Gasteiger partial charge is 0.338 e. The number of hydrogen-bond acceptors (Lipinski definition) is 5. The van der Waals surface area contributed by atoms with E-state index in [1.807, 2.05) is 12.3 Å². The van der Waals surface area contributed by atoms with Crippen LogP contribution in [0.3, 0.4) is 0 Å². The predicted octanol–water partition coefficient (Wildman–Crippen LogP) is 3.72. The smallest absolute Gasteiger partial charge is 0.243 e. The van der Waals surface area contributed by atoms with Crippen molar-refractivity contribution in [3.63, 3.8) is 0 Å². The summed E-state index contributed by atoms with van der Waals surface area (Å²) in [4.78, 5) is 4.32. The molecule has 108 valence electrons. The Balaban J connectivity index is 2.03. The molecule has 0 radical (unpaired) electrons. The van der Waals surface area contributed by atoms with Crippen molar-refractivity contribution >= 4 is 35.0 Å². The van der Waals surface area contributed by atoms with Crippen molar-refractivity contribution in [2.75, 3.05) is 12.0 Å². The molecule has 1 unspecified atom stereocenters. The minimum absolute atomic E-state index is 0.211. The molecule has 2 N–H and O–H groups in total. The molecule has 0 fully saturated rings. The number of nitrogens with two attached hydrogens (primary N) is 1. The lowest BCUT2D eigenvalue weighted by Gasteiger charge is -2.03. The molecule has 0 bridgehead atoms. The van der Waals surface area contributed by atoms with E-state index < -0.39 is 0 Å². The van der Waals surface area contributed by atoms with Crippen LogP contribution in [0.5, 0.6) is 0 Å².